The molecule has 0 atom stereocenters. The van der Waals surface area contributed by atoms with E-state index in [0.29, 0.717) is 32.7 Å². The van der Waals surface area contributed by atoms with Gasteiger partial charge in [-0.25, -0.2) is 0 Å². The molecule has 6 heteroatoms. The summed E-state index contributed by atoms with van der Waals surface area (Å²) in [5.41, 5.74) is 0. The molecule has 0 aromatic heterocycles. The Labute approximate surface area is 101 Å². The fourth-order valence-corrected chi connectivity index (χ4v) is 1.76. The SMILES string of the molecule is CNC(=O)CN1CCN(C(=O)CC(C)=O)CC1. The number of rotatable bonds is 4. The van der Waals surface area contributed by atoms with Crippen LogP contribution < -0.4 is 5.32 Å². The molecule has 6 nitrogen and oxygen atoms in total. The lowest BCUT2D eigenvalue weighted by atomic mass is 10.2. The van der Waals surface area contributed by atoms with E-state index in [2.05, 4.69) is 5.32 Å². The molecule has 0 unspecified atom stereocenters. The highest BCUT2D eigenvalue weighted by atomic mass is 16.2. The third kappa shape index (κ3) is 4.52. The number of piperazine rings is 1. The molecular weight excluding hydrogens is 222 g/mol. The Morgan fingerprint density at radius 2 is 1.71 bits per heavy atom. The van der Waals surface area contributed by atoms with Gasteiger partial charge >= 0.3 is 0 Å². The maximum absolute atomic E-state index is 11.6. The number of ketones is 1. The summed E-state index contributed by atoms with van der Waals surface area (Å²) >= 11 is 0. The molecule has 0 spiro atoms. The van der Waals surface area contributed by atoms with Gasteiger partial charge in [-0.3, -0.25) is 19.3 Å². The number of nitrogens with zero attached hydrogens (tertiary/aromatic N) is 2. The fourth-order valence-electron chi connectivity index (χ4n) is 1.76. The van der Waals surface area contributed by atoms with E-state index in [1.165, 1.54) is 6.92 Å². The molecule has 0 aliphatic carbocycles. The molecule has 1 rings (SSSR count). The largest absolute Gasteiger partial charge is 0.358 e. The number of carbonyl (C=O) groups is 3. The van der Waals surface area contributed by atoms with Crippen LogP contribution in [-0.2, 0) is 14.4 Å². The topological polar surface area (TPSA) is 69.7 Å². The summed E-state index contributed by atoms with van der Waals surface area (Å²) in [6.07, 6.45) is -0.0184. The molecule has 1 aliphatic rings. The second kappa shape index (κ2) is 6.34. The van der Waals surface area contributed by atoms with Crippen molar-refractivity contribution >= 4 is 17.6 Å². The predicted octanol–water partition coefficient (Wildman–Crippen LogP) is -1.14. The predicted molar refractivity (Wildman–Crippen MR) is 62.4 cm³/mol. The number of amides is 2. The second-order valence-electron chi connectivity index (χ2n) is 4.21. The van der Waals surface area contributed by atoms with E-state index in [4.69, 9.17) is 0 Å². The summed E-state index contributed by atoms with van der Waals surface area (Å²) in [6, 6.07) is 0. The lowest BCUT2D eigenvalue weighted by Gasteiger charge is -2.34. The number of likely N-dealkylation sites (N-methyl/N-ethyl adjacent to an activating group) is 1. The van der Waals surface area contributed by atoms with Crippen LogP contribution in [0.15, 0.2) is 0 Å². The molecule has 1 N–H and O–H groups in total. The van der Waals surface area contributed by atoms with E-state index in [9.17, 15) is 14.4 Å². The zero-order chi connectivity index (χ0) is 12.8. The summed E-state index contributed by atoms with van der Waals surface area (Å²) in [7, 11) is 1.61. The molecular formula is C11H19N3O3. The average molecular weight is 241 g/mol. The van der Waals surface area contributed by atoms with Crippen molar-refractivity contribution in [2.24, 2.45) is 0 Å². The van der Waals surface area contributed by atoms with Crippen LogP contribution in [0.5, 0.6) is 0 Å². The molecule has 0 saturated carbocycles. The van der Waals surface area contributed by atoms with Gasteiger partial charge in [-0.1, -0.05) is 0 Å². The highest BCUT2D eigenvalue weighted by Gasteiger charge is 2.22. The third-order valence-electron chi connectivity index (χ3n) is 2.77. The van der Waals surface area contributed by atoms with Crippen molar-refractivity contribution in [3.05, 3.63) is 0 Å². The third-order valence-corrected chi connectivity index (χ3v) is 2.77. The van der Waals surface area contributed by atoms with Crippen molar-refractivity contribution in [2.75, 3.05) is 39.8 Å². The zero-order valence-corrected chi connectivity index (χ0v) is 10.4. The first-order valence-corrected chi connectivity index (χ1v) is 5.73. The molecule has 1 heterocycles. The van der Waals surface area contributed by atoms with Crippen LogP contribution in [0.3, 0.4) is 0 Å². The Balaban J connectivity index is 2.32. The molecule has 1 aliphatic heterocycles. The number of Topliss-reactive ketones (excluding diaryl/α,β-unsaturated/α-hetero) is 1. The first-order valence-electron chi connectivity index (χ1n) is 5.73. The summed E-state index contributed by atoms with van der Waals surface area (Å²) in [5.74, 6) is -0.242. The minimum absolute atomic E-state index is 0.0184. The first kappa shape index (κ1) is 13.6. The van der Waals surface area contributed by atoms with E-state index in [1.54, 1.807) is 11.9 Å². The Hall–Kier alpha value is -1.43. The Morgan fingerprint density at radius 3 is 2.18 bits per heavy atom. The molecule has 96 valence electrons. The van der Waals surface area contributed by atoms with Gasteiger partial charge in [-0.2, -0.15) is 0 Å². The smallest absolute Gasteiger partial charge is 0.233 e. The van der Waals surface area contributed by atoms with Crippen LogP contribution in [0.1, 0.15) is 13.3 Å². The van der Waals surface area contributed by atoms with Gasteiger partial charge in [0.2, 0.25) is 11.8 Å². The molecule has 0 radical (unpaired) electrons. The van der Waals surface area contributed by atoms with Gasteiger partial charge in [0.05, 0.1) is 13.0 Å². The minimum Gasteiger partial charge on any atom is -0.358 e. The van der Waals surface area contributed by atoms with Gasteiger partial charge in [0.1, 0.15) is 5.78 Å². The molecule has 1 saturated heterocycles. The fraction of sp³-hybridized carbons (Fsp3) is 0.727. The number of hydrogen-bond donors (Lipinski definition) is 1. The maximum atomic E-state index is 11.6. The van der Waals surface area contributed by atoms with Crippen LogP contribution in [0.4, 0.5) is 0 Å². The highest BCUT2D eigenvalue weighted by molar-refractivity contribution is 5.96. The quantitative estimate of drug-likeness (QED) is 0.631. The van der Waals surface area contributed by atoms with E-state index in [1.807, 2.05) is 4.90 Å². The van der Waals surface area contributed by atoms with E-state index in [-0.39, 0.29) is 24.0 Å². The zero-order valence-electron chi connectivity index (χ0n) is 10.4. The van der Waals surface area contributed by atoms with Gasteiger partial charge < -0.3 is 10.2 Å². The molecule has 17 heavy (non-hydrogen) atoms. The van der Waals surface area contributed by atoms with Crippen molar-refractivity contribution in [2.45, 2.75) is 13.3 Å². The van der Waals surface area contributed by atoms with Crippen molar-refractivity contribution in [1.29, 1.82) is 0 Å². The summed E-state index contributed by atoms with van der Waals surface area (Å²) in [6.45, 7) is 4.31. The highest BCUT2D eigenvalue weighted by Crippen LogP contribution is 2.03. The molecule has 0 aromatic rings. The minimum atomic E-state index is -0.114. The first-order chi connectivity index (χ1) is 8.02. The monoisotopic (exact) mass is 241 g/mol. The van der Waals surface area contributed by atoms with Gasteiger partial charge in [-0.05, 0) is 6.92 Å². The maximum Gasteiger partial charge on any atom is 0.233 e. The van der Waals surface area contributed by atoms with E-state index < -0.39 is 0 Å². The number of carbonyl (C=O) groups excluding carboxylic acids is 3. The Kier molecular flexibility index (Phi) is 5.09. The van der Waals surface area contributed by atoms with Crippen LogP contribution in [0, 0.1) is 0 Å². The second-order valence-corrected chi connectivity index (χ2v) is 4.21. The van der Waals surface area contributed by atoms with Gasteiger partial charge in [-0.15, -0.1) is 0 Å². The molecule has 0 aromatic carbocycles. The number of hydrogen-bond acceptors (Lipinski definition) is 4. The number of nitrogens with one attached hydrogen (secondary N) is 1. The molecule has 0 bridgehead atoms. The van der Waals surface area contributed by atoms with E-state index >= 15 is 0 Å². The Morgan fingerprint density at radius 1 is 1.12 bits per heavy atom. The van der Waals surface area contributed by atoms with Crippen LogP contribution in [-0.4, -0.2) is 67.2 Å². The summed E-state index contributed by atoms with van der Waals surface area (Å²) in [4.78, 5) is 37.3. The van der Waals surface area contributed by atoms with E-state index in [0.717, 1.165) is 0 Å². The van der Waals surface area contributed by atoms with Crippen LogP contribution in [0.25, 0.3) is 0 Å². The standard InChI is InChI=1S/C11H19N3O3/c1-9(15)7-11(17)14-5-3-13(4-6-14)8-10(16)12-2/h3-8H2,1-2H3,(H,12,16). The molecule has 1 fully saturated rings. The van der Waals surface area contributed by atoms with Gasteiger partial charge in [0, 0.05) is 33.2 Å². The van der Waals surface area contributed by atoms with Gasteiger partial charge in [0.25, 0.3) is 0 Å². The van der Waals surface area contributed by atoms with Crippen molar-refractivity contribution in [1.82, 2.24) is 15.1 Å². The molecule has 2 amide bonds. The van der Waals surface area contributed by atoms with Crippen molar-refractivity contribution < 1.29 is 14.4 Å². The summed E-state index contributed by atoms with van der Waals surface area (Å²) < 4.78 is 0. The lowest BCUT2D eigenvalue weighted by Crippen LogP contribution is -2.51. The Bertz CT molecular complexity index is 309. The summed E-state index contributed by atoms with van der Waals surface area (Å²) in [5, 5.41) is 2.57. The normalized spacial score (nSPS) is 16.7. The van der Waals surface area contributed by atoms with Crippen molar-refractivity contribution in [3.8, 4) is 0 Å². The van der Waals surface area contributed by atoms with Crippen LogP contribution >= 0.6 is 0 Å². The lowest BCUT2D eigenvalue weighted by molar-refractivity contribution is -0.136. The average Bonchev–Trinajstić information content (AvgIpc) is 2.28. The van der Waals surface area contributed by atoms with Gasteiger partial charge in [0.15, 0.2) is 0 Å². The van der Waals surface area contributed by atoms with Crippen LogP contribution in [0.2, 0.25) is 0 Å². The van der Waals surface area contributed by atoms with Crippen molar-refractivity contribution in [3.63, 3.8) is 0 Å².